The molecule has 5 rings (SSSR count). The maximum atomic E-state index is 13.8. The molecule has 0 N–H and O–H groups in total. The van der Waals surface area contributed by atoms with Gasteiger partial charge in [-0.25, -0.2) is 4.39 Å². The van der Waals surface area contributed by atoms with Gasteiger partial charge in [0, 0.05) is 23.9 Å². The highest BCUT2D eigenvalue weighted by Gasteiger charge is 2.57. The molecule has 166 valence electrons. The standard InChI is InChI=1S/C26H23F4NO/c27-19-5-6-23-21(14-19)20(9-12-31-23)17-7-10-25(11-8-17)15-22(25)24(32)13-16-1-3-18(4-2-16)26(28,29)30/h1-6,9,12,14,17,22H,7-8,10-11,13,15H2. The van der Waals surface area contributed by atoms with Crippen molar-refractivity contribution in [2.45, 2.75) is 50.6 Å². The van der Waals surface area contributed by atoms with Crippen molar-refractivity contribution in [1.29, 1.82) is 0 Å². The fraction of sp³-hybridized carbons (Fsp3) is 0.385. The molecule has 1 aromatic heterocycles. The molecule has 1 heterocycles. The Balaban J connectivity index is 1.23. The van der Waals surface area contributed by atoms with Gasteiger partial charge < -0.3 is 0 Å². The lowest BCUT2D eigenvalue weighted by molar-refractivity contribution is -0.137. The van der Waals surface area contributed by atoms with Crippen LogP contribution in [-0.2, 0) is 17.4 Å². The summed E-state index contributed by atoms with van der Waals surface area (Å²) in [6.07, 6.45) is 2.23. The van der Waals surface area contributed by atoms with Crippen LogP contribution in [0.1, 0.15) is 54.7 Å². The number of alkyl halides is 3. The fourth-order valence-electron chi connectivity index (χ4n) is 5.49. The molecule has 0 bridgehead atoms. The third-order valence-electron chi connectivity index (χ3n) is 7.40. The van der Waals surface area contributed by atoms with Crippen LogP contribution in [0, 0.1) is 17.2 Å². The van der Waals surface area contributed by atoms with Crippen LogP contribution >= 0.6 is 0 Å². The number of Topliss-reactive ketones (excluding diaryl/α,β-unsaturated/α-hetero) is 1. The van der Waals surface area contributed by atoms with Crippen LogP contribution in [0.15, 0.2) is 54.7 Å². The van der Waals surface area contributed by atoms with Crippen LogP contribution in [0.5, 0.6) is 0 Å². The molecule has 2 aliphatic carbocycles. The van der Waals surface area contributed by atoms with Gasteiger partial charge >= 0.3 is 6.18 Å². The number of carbonyl (C=O) groups excluding carboxylic acids is 1. The average molecular weight is 441 g/mol. The summed E-state index contributed by atoms with van der Waals surface area (Å²) in [5.74, 6) is 0.173. The van der Waals surface area contributed by atoms with E-state index in [9.17, 15) is 22.4 Å². The molecule has 3 aromatic rings. The van der Waals surface area contributed by atoms with Crippen molar-refractivity contribution in [2.75, 3.05) is 0 Å². The molecule has 2 aromatic carbocycles. The van der Waals surface area contributed by atoms with E-state index < -0.39 is 11.7 Å². The maximum absolute atomic E-state index is 13.8. The quantitative estimate of drug-likeness (QED) is 0.414. The highest BCUT2D eigenvalue weighted by atomic mass is 19.4. The van der Waals surface area contributed by atoms with E-state index >= 15 is 0 Å². The monoisotopic (exact) mass is 441 g/mol. The number of hydrogen-bond acceptors (Lipinski definition) is 2. The van der Waals surface area contributed by atoms with Crippen molar-refractivity contribution < 1.29 is 22.4 Å². The van der Waals surface area contributed by atoms with Crippen molar-refractivity contribution in [3.63, 3.8) is 0 Å². The summed E-state index contributed by atoms with van der Waals surface area (Å²) in [7, 11) is 0. The molecule has 1 spiro atoms. The number of halogens is 4. The number of fused-ring (bicyclic) bond motifs is 1. The molecule has 2 fully saturated rings. The smallest absolute Gasteiger partial charge is 0.299 e. The van der Waals surface area contributed by atoms with Crippen LogP contribution in [0.25, 0.3) is 10.9 Å². The van der Waals surface area contributed by atoms with Gasteiger partial charge in [-0.1, -0.05) is 12.1 Å². The molecule has 0 amide bonds. The number of aromatic nitrogens is 1. The van der Waals surface area contributed by atoms with Crippen molar-refractivity contribution in [3.8, 4) is 0 Å². The number of rotatable bonds is 4. The zero-order valence-corrected chi connectivity index (χ0v) is 17.5. The Morgan fingerprint density at radius 2 is 1.75 bits per heavy atom. The number of carbonyl (C=O) groups is 1. The second kappa shape index (κ2) is 7.68. The van der Waals surface area contributed by atoms with Gasteiger partial charge in [0.2, 0.25) is 0 Å². The Morgan fingerprint density at radius 1 is 1.03 bits per heavy atom. The molecule has 1 unspecified atom stereocenters. The molecule has 2 aliphatic rings. The topological polar surface area (TPSA) is 30.0 Å². The van der Waals surface area contributed by atoms with E-state index in [-0.39, 0.29) is 29.4 Å². The molecule has 0 radical (unpaired) electrons. The predicted molar refractivity (Wildman–Crippen MR) is 114 cm³/mol. The summed E-state index contributed by atoms with van der Waals surface area (Å²) in [5, 5.41) is 0.860. The van der Waals surface area contributed by atoms with Crippen LogP contribution in [0.3, 0.4) is 0 Å². The summed E-state index contributed by atoms with van der Waals surface area (Å²) in [6, 6.07) is 11.5. The minimum atomic E-state index is -4.37. The summed E-state index contributed by atoms with van der Waals surface area (Å²) in [5.41, 5.74) is 1.88. The van der Waals surface area contributed by atoms with Crippen LogP contribution in [0.2, 0.25) is 0 Å². The lowest BCUT2D eigenvalue weighted by Gasteiger charge is -2.30. The Labute approximate surface area is 183 Å². The van der Waals surface area contributed by atoms with E-state index in [1.165, 1.54) is 18.2 Å². The van der Waals surface area contributed by atoms with Gasteiger partial charge in [0.25, 0.3) is 0 Å². The highest BCUT2D eigenvalue weighted by molar-refractivity contribution is 5.87. The molecule has 2 nitrogen and oxygen atoms in total. The van der Waals surface area contributed by atoms with E-state index in [2.05, 4.69) is 4.98 Å². The number of nitrogens with zero attached hydrogens (tertiary/aromatic N) is 1. The summed E-state index contributed by atoms with van der Waals surface area (Å²) in [4.78, 5) is 17.2. The number of hydrogen-bond donors (Lipinski definition) is 0. The predicted octanol–water partition coefficient (Wildman–Crippen LogP) is 6.87. The minimum Gasteiger partial charge on any atom is -0.299 e. The van der Waals surface area contributed by atoms with Crippen molar-refractivity contribution in [2.24, 2.45) is 11.3 Å². The first-order chi connectivity index (χ1) is 15.2. The molecule has 6 heteroatoms. The first-order valence-electron chi connectivity index (χ1n) is 11.0. The molecular formula is C26H23F4NO. The Hall–Kier alpha value is -2.76. The van der Waals surface area contributed by atoms with Crippen LogP contribution in [0.4, 0.5) is 17.6 Å². The first kappa shape index (κ1) is 21.1. The molecule has 32 heavy (non-hydrogen) atoms. The number of ketones is 1. The second-order valence-corrected chi connectivity index (χ2v) is 9.29. The van der Waals surface area contributed by atoms with Gasteiger partial charge in [-0.15, -0.1) is 0 Å². The third kappa shape index (κ3) is 3.91. The fourth-order valence-corrected chi connectivity index (χ4v) is 5.49. The van der Waals surface area contributed by atoms with E-state index in [1.54, 1.807) is 18.3 Å². The Morgan fingerprint density at radius 3 is 2.44 bits per heavy atom. The van der Waals surface area contributed by atoms with Gasteiger partial charge in [-0.3, -0.25) is 9.78 Å². The largest absolute Gasteiger partial charge is 0.416 e. The van der Waals surface area contributed by atoms with Gasteiger partial charge in [0.1, 0.15) is 11.6 Å². The zero-order chi connectivity index (χ0) is 22.5. The first-order valence-corrected chi connectivity index (χ1v) is 11.0. The molecule has 1 atom stereocenters. The lowest BCUT2D eigenvalue weighted by Crippen LogP contribution is -2.20. The van der Waals surface area contributed by atoms with E-state index in [0.717, 1.165) is 60.7 Å². The summed E-state index contributed by atoms with van der Waals surface area (Å²) in [6.45, 7) is 0. The summed E-state index contributed by atoms with van der Waals surface area (Å²) >= 11 is 0. The van der Waals surface area contributed by atoms with Gasteiger partial charge in [-0.05, 0) is 91.0 Å². The van der Waals surface area contributed by atoms with Gasteiger partial charge in [0.05, 0.1) is 11.1 Å². The Bertz CT molecular complexity index is 1160. The number of benzene rings is 2. The van der Waals surface area contributed by atoms with Gasteiger partial charge in [0.15, 0.2) is 0 Å². The van der Waals surface area contributed by atoms with Crippen molar-refractivity contribution in [1.82, 2.24) is 4.98 Å². The van der Waals surface area contributed by atoms with Crippen molar-refractivity contribution >= 4 is 16.7 Å². The number of pyridine rings is 1. The second-order valence-electron chi connectivity index (χ2n) is 9.29. The zero-order valence-electron chi connectivity index (χ0n) is 17.5. The normalized spacial score (nSPS) is 25.2. The van der Waals surface area contributed by atoms with Crippen molar-refractivity contribution in [3.05, 3.63) is 77.2 Å². The van der Waals surface area contributed by atoms with E-state index in [4.69, 9.17) is 0 Å². The minimum absolute atomic E-state index is 0.00243. The van der Waals surface area contributed by atoms with E-state index in [0.29, 0.717) is 11.5 Å². The SMILES string of the molecule is O=C(Cc1ccc(C(F)(F)F)cc1)C1CC12CCC(c1ccnc3ccc(F)cc13)CC2. The molecule has 0 saturated heterocycles. The average Bonchev–Trinajstić information content (AvgIpc) is 3.47. The molecular weight excluding hydrogens is 418 g/mol. The highest BCUT2D eigenvalue weighted by Crippen LogP contribution is 2.63. The van der Waals surface area contributed by atoms with Gasteiger partial charge in [-0.2, -0.15) is 13.2 Å². The molecule has 0 aliphatic heterocycles. The van der Waals surface area contributed by atoms with E-state index in [1.807, 2.05) is 6.07 Å². The summed E-state index contributed by atoms with van der Waals surface area (Å²) < 4.78 is 52.0. The molecule has 2 saturated carbocycles. The van der Waals surface area contributed by atoms with Crippen LogP contribution < -0.4 is 0 Å². The Kier molecular flexibility index (Phi) is 5.06. The third-order valence-corrected chi connectivity index (χ3v) is 7.40. The van der Waals surface area contributed by atoms with Crippen LogP contribution in [-0.4, -0.2) is 10.8 Å². The lowest BCUT2D eigenvalue weighted by atomic mass is 9.74. The maximum Gasteiger partial charge on any atom is 0.416 e.